The van der Waals surface area contributed by atoms with Gasteiger partial charge in [-0.15, -0.1) is 0 Å². The molecule has 0 saturated carbocycles. The summed E-state index contributed by atoms with van der Waals surface area (Å²) in [5.41, 5.74) is 4.01. The normalized spacial score (nSPS) is 20.7. The summed E-state index contributed by atoms with van der Waals surface area (Å²) in [5.74, 6) is 0.450. The number of nitrogens with one attached hydrogen (secondary N) is 2. The van der Waals surface area contributed by atoms with Crippen molar-refractivity contribution < 1.29 is 19.7 Å². The van der Waals surface area contributed by atoms with Crippen molar-refractivity contribution >= 4 is 17.4 Å². The van der Waals surface area contributed by atoms with Crippen LogP contribution in [0, 0.1) is 0 Å². The molecule has 7 heteroatoms. The maximum atomic E-state index is 12.8. The van der Waals surface area contributed by atoms with Crippen molar-refractivity contribution in [3.05, 3.63) is 53.1 Å². The molecule has 1 aliphatic heterocycles. The lowest BCUT2D eigenvalue weighted by Crippen LogP contribution is -2.40. The second kappa shape index (κ2) is 9.58. The van der Waals surface area contributed by atoms with E-state index in [9.17, 15) is 15.0 Å². The average Bonchev–Trinajstić information content (AvgIpc) is 2.95. The first-order chi connectivity index (χ1) is 15.1. The monoisotopic (exact) mass is 425 g/mol. The molecule has 0 radical (unpaired) electrons. The molecule has 1 saturated heterocycles. The van der Waals surface area contributed by atoms with E-state index in [0.29, 0.717) is 23.4 Å². The Bertz CT molecular complexity index is 925. The molecule has 2 amide bonds. The van der Waals surface area contributed by atoms with Gasteiger partial charge in [-0.25, -0.2) is 4.79 Å². The van der Waals surface area contributed by atoms with Gasteiger partial charge >= 0.3 is 6.03 Å². The fourth-order valence-electron chi connectivity index (χ4n) is 4.67. The van der Waals surface area contributed by atoms with Crippen LogP contribution in [0.5, 0.6) is 5.75 Å². The van der Waals surface area contributed by atoms with Crippen molar-refractivity contribution in [1.29, 1.82) is 0 Å². The van der Waals surface area contributed by atoms with E-state index in [1.807, 2.05) is 36.4 Å². The minimum absolute atomic E-state index is 0.183. The van der Waals surface area contributed by atoms with Crippen LogP contribution in [-0.2, 0) is 13.0 Å². The smallest absolute Gasteiger partial charge is 0.319 e. The number of aliphatic hydroxyl groups excluding tert-OH is 2. The van der Waals surface area contributed by atoms with Gasteiger partial charge in [0.25, 0.3) is 0 Å². The maximum absolute atomic E-state index is 12.8. The van der Waals surface area contributed by atoms with Crippen LogP contribution in [0.4, 0.5) is 16.2 Å². The summed E-state index contributed by atoms with van der Waals surface area (Å²) in [6, 6.07) is 10.7. The fourth-order valence-corrected chi connectivity index (χ4v) is 4.67. The van der Waals surface area contributed by atoms with Crippen molar-refractivity contribution in [3.63, 3.8) is 0 Å². The van der Waals surface area contributed by atoms with Crippen LogP contribution in [0.15, 0.2) is 36.4 Å². The highest BCUT2D eigenvalue weighted by Crippen LogP contribution is 2.36. The van der Waals surface area contributed by atoms with Gasteiger partial charge in [0, 0.05) is 24.3 Å². The van der Waals surface area contributed by atoms with E-state index in [1.165, 1.54) is 20.0 Å². The standard InChI is InChI=1S/C24H31N3O4/c1-31-23-17(15-28)12-18(27-10-6-2-3-7-11-27)14-21(23)26-24(30)25-20-13-16-8-4-5-9-19(16)22(20)29/h4-5,8-9,12,14,20,22,28-29H,2-3,6-7,10-11,13,15H2,1H3,(H2,25,26,30)/t20-,22+/m1/s1. The third kappa shape index (κ3) is 4.62. The van der Waals surface area contributed by atoms with Crippen LogP contribution in [0.1, 0.15) is 48.5 Å². The Morgan fingerprint density at radius 3 is 2.58 bits per heavy atom. The second-order valence-corrected chi connectivity index (χ2v) is 8.30. The van der Waals surface area contributed by atoms with Crippen LogP contribution in [0.25, 0.3) is 0 Å². The number of rotatable bonds is 5. The molecule has 2 aromatic rings. The van der Waals surface area contributed by atoms with Gasteiger partial charge in [-0.05, 0) is 42.5 Å². The van der Waals surface area contributed by atoms with Gasteiger partial charge in [0.1, 0.15) is 5.75 Å². The summed E-state index contributed by atoms with van der Waals surface area (Å²) in [7, 11) is 1.53. The first kappa shape index (κ1) is 21.5. The first-order valence-electron chi connectivity index (χ1n) is 11.0. The number of fused-ring (bicyclic) bond motifs is 1. The Hall–Kier alpha value is -2.77. The number of urea groups is 1. The number of ether oxygens (including phenoxy) is 1. The lowest BCUT2D eigenvalue weighted by Gasteiger charge is -2.26. The van der Waals surface area contributed by atoms with E-state index in [4.69, 9.17) is 4.74 Å². The largest absolute Gasteiger partial charge is 0.494 e. The van der Waals surface area contributed by atoms with Gasteiger partial charge in [0.2, 0.25) is 0 Å². The summed E-state index contributed by atoms with van der Waals surface area (Å²) < 4.78 is 5.51. The predicted molar refractivity (Wildman–Crippen MR) is 121 cm³/mol. The maximum Gasteiger partial charge on any atom is 0.319 e. The Morgan fingerprint density at radius 2 is 1.90 bits per heavy atom. The number of carbonyl (C=O) groups excluding carboxylic acids is 1. The van der Waals surface area contributed by atoms with Crippen LogP contribution in [-0.4, -0.2) is 42.5 Å². The average molecular weight is 426 g/mol. The quantitative estimate of drug-likeness (QED) is 0.590. The number of amides is 2. The number of aliphatic hydroxyl groups is 2. The number of anilines is 2. The van der Waals surface area contributed by atoms with Gasteiger partial charge in [0.05, 0.1) is 31.5 Å². The van der Waals surface area contributed by atoms with Gasteiger partial charge in [-0.1, -0.05) is 37.1 Å². The van der Waals surface area contributed by atoms with Crippen LogP contribution in [0.2, 0.25) is 0 Å². The highest BCUT2D eigenvalue weighted by Gasteiger charge is 2.32. The zero-order chi connectivity index (χ0) is 21.8. The molecule has 2 aliphatic rings. The zero-order valence-electron chi connectivity index (χ0n) is 17.9. The highest BCUT2D eigenvalue weighted by molar-refractivity contribution is 5.92. The Balaban J connectivity index is 1.52. The molecular weight excluding hydrogens is 394 g/mol. The predicted octanol–water partition coefficient (Wildman–Crippen LogP) is 3.35. The summed E-state index contributed by atoms with van der Waals surface area (Å²) in [6.07, 6.45) is 4.55. The van der Waals surface area contributed by atoms with Gasteiger partial charge in [-0.3, -0.25) is 0 Å². The summed E-state index contributed by atoms with van der Waals surface area (Å²) in [6.45, 7) is 1.72. The van der Waals surface area contributed by atoms with Gasteiger partial charge in [0.15, 0.2) is 0 Å². The van der Waals surface area contributed by atoms with Crippen molar-refractivity contribution in [3.8, 4) is 5.75 Å². The molecule has 0 aromatic heterocycles. The molecular formula is C24H31N3O4. The number of nitrogens with zero attached hydrogens (tertiary/aromatic N) is 1. The van der Waals surface area contributed by atoms with E-state index >= 15 is 0 Å². The molecule has 0 bridgehead atoms. The SMILES string of the molecule is COc1c(CO)cc(N2CCCCCC2)cc1NC(=O)N[C@@H]1Cc2ccccc2[C@@H]1O. The molecule has 4 rings (SSSR count). The molecule has 1 heterocycles. The zero-order valence-corrected chi connectivity index (χ0v) is 17.9. The Labute approximate surface area is 183 Å². The Kier molecular flexibility index (Phi) is 6.63. The molecule has 0 spiro atoms. The lowest BCUT2D eigenvalue weighted by atomic mass is 10.1. The highest BCUT2D eigenvalue weighted by atomic mass is 16.5. The second-order valence-electron chi connectivity index (χ2n) is 8.30. The van der Waals surface area contributed by atoms with E-state index in [1.54, 1.807) is 0 Å². The number of hydrogen-bond donors (Lipinski definition) is 4. The van der Waals surface area contributed by atoms with Crippen LogP contribution >= 0.6 is 0 Å². The third-order valence-corrected chi connectivity index (χ3v) is 6.26. The molecule has 2 atom stereocenters. The van der Waals surface area contributed by atoms with Crippen LogP contribution < -0.4 is 20.3 Å². The molecule has 1 aliphatic carbocycles. The summed E-state index contributed by atoms with van der Waals surface area (Å²) in [5, 5.41) is 26.2. The van der Waals surface area contributed by atoms with E-state index in [-0.39, 0.29) is 6.61 Å². The van der Waals surface area contributed by atoms with Crippen molar-refractivity contribution in [2.75, 3.05) is 30.4 Å². The first-order valence-corrected chi connectivity index (χ1v) is 11.0. The molecule has 4 N–H and O–H groups in total. The molecule has 7 nitrogen and oxygen atoms in total. The third-order valence-electron chi connectivity index (χ3n) is 6.26. The number of methoxy groups -OCH3 is 1. The Morgan fingerprint density at radius 1 is 1.16 bits per heavy atom. The minimum Gasteiger partial charge on any atom is -0.494 e. The van der Waals surface area contributed by atoms with Crippen molar-refractivity contribution in [2.45, 2.75) is 50.9 Å². The van der Waals surface area contributed by atoms with E-state index in [0.717, 1.165) is 42.7 Å². The van der Waals surface area contributed by atoms with E-state index < -0.39 is 18.2 Å². The van der Waals surface area contributed by atoms with E-state index in [2.05, 4.69) is 15.5 Å². The molecule has 0 unspecified atom stereocenters. The van der Waals surface area contributed by atoms with Gasteiger partial charge in [-0.2, -0.15) is 0 Å². The number of carbonyl (C=O) groups is 1. The van der Waals surface area contributed by atoms with Crippen molar-refractivity contribution in [2.24, 2.45) is 0 Å². The number of benzene rings is 2. The topological polar surface area (TPSA) is 94.1 Å². The fraction of sp³-hybridized carbons (Fsp3) is 0.458. The molecule has 2 aromatic carbocycles. The van der Waals surface area contributed by atoms with Crippen LogP contribution in [0.3, 0.4) is 0 Å². The minimum atomic E-state index is -0.736. The summed E-state index contributed by atoms with van der Waals surface area (Å²) in [4.78, 5) is 15.1. The molecule has 166 valence electrons. The number of hydrogen-bond acceptors (Lipinski definition) is 5. The lowest BCUT2D eigenvalue weighted by molar-refractivity contribution is 0.145. The molecule has 31 heavy (non-hydrogen) atoms. The van der Waals surface area contributed by atoms with Crippen molar-refractivity contribution in [1.82, 2.24) is 5.32 Å². The summed E-state index contributed by atoms with van der Waals surface area (Å²) >= 11 is 0. The van der Waals surface area contributed by atoms with Gasteiger partial charge < -0.3 is 30.5 Å². The molecule has 1 fully saturated rings.